The van der Waals surface area contributed by atoms with Gasteiger partial charge in [-0.2, -0.15) is 0 Å². The zero-order valence-corrected chi connectivity index (χ0v) is 13.2. The minimum Gasteiger partial charge on any atom is -0.375 e. The van der Waals surface area contributed by atoms with Gasteiger partial charge < -0.3 is 10.2 Å². The van der Waals surface area contributed by atoms with Gasteiger partial charge in [0.25, 0.3) is 0 Å². The van der Waals surface area contributed by atoms with Crippen molar-refractivity contribution in [3.63, 3.8) is 0 Å². The van der Waals surface area contributed by atoms with Crippen molar-refractivity contribution in [2.24, 2.45) is 11.3 Å². The quantitative estimate of drug-likeness (QED) is 0.843. The molecule has 0 bridgehead atoms. The van der Waals surface area contributed by atoms with Gasteiger partial charge in [-0.3, -0.25) is 0 Å². The molecule has 2 nitrogen and oxygen atoms in total. The lowest BCUT2D eigenvalue weighted by atomic mass is 9.79. The van der Waals surface area contributed by atoms with Gasteiger partial charge >= 0.3 is 0 Å². The Balaban J connectivity index is 1.45. The molecule has 0 saturated heterocycles. The summed E-state index contributed by atoms with van der Waals surface area (Å²) < 4.78 is 0. The van der Waals surface area contributed by atoms with Crippen LogP contribution in [0.1, 0.15) is 18.4 Å². The van der Waals surface area contributed by atoms with E-state index in [2.05, 4.69) is 42.6 Å². The Bertz CT molecular complexity index is 638. The highest BCUT2D eigenvalue weighted by atomic mass is 35.5. The zero-order chi connectivity index (χ0) is 14.8. The van der Waals surface area contributed by atoms with E-state index in [0.717, 1.165) is 23.0 Å². The fourth-order valence-electron chi connectivity index (χ4n) is 4.21. The van der Waals surface area contributed by atoms with Gasteiger partial charge in [0.1, 0.15) is 0 Å². The summed E-state index contributed by atoms with van der Waals surface area (Å²) in [4.78, 5) is 2.39. The zero-order valence-electron chi connectivity index (χ0n) is 12.4. The van der Waals surface area contributed by atoms with E-state index in [9.17, 15) is 0 Å². The van der Waals surface area contributed by atoms with Crippen molar-refractivity contribution < 1.29 is 0 Å². The Labute approximate surface area is 131 Å². The van der Waals surface area contributed by atoms with Gasteiger partial charge in [0.05, 0.1) is 16.8 Å². The average Bonchev–Trinajstić information content (AvgIpc) is 2.86. The topological polar surface area (TPSA) is 15.3 Å². The number of hydrogen-bond acceptors (Lipinski definition) is 2. The molecule has 4 rings (SSSR count). The molecule has 2 aliphatic carbocycles. The first-order valence-corrected chi connectivity index (χ1v) is 8.03. The number of hydrogen-bond donors (Lipinski definition) is 1. The van der Waals surface area contributed by atoms with Crippen molar-refractivity contribution >= 4 is 17.3 Å². The number of likely N-dealkylation sites (N-methyl/N-ethyl adjacent to an activating group) is 1. The average molecular weight is 301 g/mol. The van der Waals surface area contributed by atoms with Gasteiger partial charge in [0.2, 0.25) is 0 Å². The molecule has 0 aromatic heterocycles. The second-order valence-electron chi connectivity index (χ2n) is 6.80. The second-order valence-corrected chi connectivity index (χ2v) is 7.20. The fraction of sp³-hybridized carbons (Fsp3) is 0.444. The molecular formula is C18H21ClN2. The molecule has 1 aliphatic heterocycles. The van der Waals surface area contributed by atoms with Gasteiger partial charge in [0.15, 0.2) is 0 Å². The van der Waals surface area contributed by atoms with Crippen LogP contribution >= 0.6 is 11.6 Å². The molecule has 4 atom stereocenters. The van der Waals surface area contributed by atoms with E-state index in [1.54, 1.807) is 0 Å². The van der Waals surface area contributed by atoms with Crippen LogP contribution in [0, 0.1) is 11.3 Å². The highest BCUT2D eigenvalue weighted by Gasteiger charge is 2.66. The van der Waals surface area contributed by atoms with Gasteiger partial charge in [0, 0.05) is 25.2 Å². The first kappa shape index (κ1) is 13.3. The summed E-state index contributed by atoms with van der Waals surface area (Å²) in [6.07, 6.45) is 5.68. The predicted octanol–water partition coefficient (Wildman–Crippen LogP) is 4.09. The van der Waals surface area contributed by atoms with E-state index in [1.165, 1.54) is 24.1 Å². The van der Waals surface area contributed by atoms with E-state index in [-0.39, 0.29) is 6.04 Å². The van der Waals surface area contributed by atoms with Crippen molar-refractivity contribution in [3.8, 4) is 0 Å². The number of benzene rings is 1. The lowest BCUT2D eigenvalue weighted by molar-refractivity contribution is 0.143. The van der Waals surface area contributed by atoms with Crippen LogP contribution in [-0.2, 0) is 6.42 Å². The lowest BCUT2D eigenvalue weighted by Crippen LogP contribution is -2.45. The van der Waals surface area contributed by atoms with Crippen LogP contribution in [0.2, 0.25) is 5.02 Å². The van der Waals surface area contributed by atoms with Gasteiger partial charge in [-0.25, -0.2) is 0 Å². The Morgan fingerprint density at radius 2 is 2.29 bits per heavy atom. The SMILES string of the molecule is C=CC12CC(N(C)C(=C)C3Cc4cccc(Cl)c4N3)C1C2. The minimum absolute atomic E-state index is 0.266. The third-order valence-electron chi connectivity index (χ3n) is 5.83. The third-order valence-corrected chi connectivity index (χ3v) is 6.15. The van der Waals surface area contributed by atoms with E-state index < -0.39 is 0 Å². The standard InChI is InChI=1S/C18H21ClN2/c1-4-18-9-13(18)16(10-18)21(3)11(2)15-8-12-6-5-7-14(19)17(12)20-15/h4-7,13,15-16,20H,1-2,8-10H2,3H3. The molecule has 110 valence electrons. The molecule has 1 heterocycles. The molecule has 2 saturated carbocycles. The molecule has 1 aromatic carbocycles. The van der Waals surface area contributed by atoms with E-state index in [0.29, 0.717) is 11.5 Å². The molecule has 0 spiro atoms. The molecule has 1 aromatic rings. The molecule has 3 heteroatoms. The van der Waals surface area contributed by atoms with E-state index >= 15 is 0 Å². The molecule has 21 heavy (non-hydrogen) atoms. The van der Waals surface area contributed by atoms with Gasteiger partial charge in [-0.05, 0) is 35.8 Å². The van der Waals surface area contributed by atoms with Crippen LogP contribution < -0.4 is 5.32 Å². The Hall–Kier alpha value is -1.41. The van der Waals surface area contributed by atoms with E-state index in [1.807, 2.05) is 12.1 Å². The molecule has 2 fully saturated rings. The first-order chi connectivity index (χ1) is 10.1. The highest BCUT2D eigenvalue weighted by Crippen LogP contribution is 2.69. The number of fused-ring (bicyclic) bond motifs is 2. The van der Waals surface area contributed by atoms with Crippen molar-refractivity contribution in [3.05, 3.63) is 53.7 Å². The number of anilines is 1. The molecule has 3 aliphatic rings. The summed E-state index contributed by atoms with van der Waals surface area (Å²) in [5.74, 6) is 0.795. The first-order valence-electron chi connectivity index (χ1n) is 7.65. The number of halogens is 1. The summed E-state index contributed by atoms with van der Waals surface area (Å²) in [6.45, 7) is 8.33. The van der Waals surface area contributed by atoms with Crippen molar-refractivity contribution in [2.75, 3.05) is 12.4 Å². The molecular weight excluding hydrogens is 280 g/mol. The number of nitrogens with zero attached hydrogens (tertiary/aromatic N) is 1. The van der Waals surface area contributed by atoms with Crippen LogP contribution in [0.15, 0.2) is 43.1 Å². The van der Waals surface area contributed by atoms with Crippen molar-refractivity contribution in [2.45, 2.75) is 31.3 Å². The number of nitrogens with one attached hydrogen (secondary N) is 1. The maximum atomic E-state index is 6.27. The smallest absolute Gasteiger partial charge is 0.0697 e. The van der Waals surface area contributed by atoms with Crippen LogP contribution in [0.3, 0.4) is 0 Å². The predicted molar refractivity (Wildman–Crippen MR) is 88.6 cm³/mol. The largest absolute Gasteiger partial charge is 0.375 e. The minimum atomic E-state index is 0.266. The summed E-state index contributed by atoms with van der Waals surface area (Å²) in [5.41, 5.74) is 4.02. The summed E-state index contributed by atoms with van der Waals surface area (Å²) in [6, 6.07) is 7.01. The monoisotopic (exact) mass is 300 g/mol. The second kappa shape index (κ2) is 4.30. The lowest BCUT2D eigenvalue weighted by Gasteiger charge is -2.42. The van der Waals surface area contributed by atoms with Crippen LogP contribution in [0.5, 0.6) is 0 Å². The number of rotatable bonds is 4. The van der Waals surface area contributed by atoms with Crippen molar-refractivity contribution in [1.29, 1.82) is 0 Å². The Morgan fingerprint density at radius 3 is 2.90 bits per heavy atom. The summed E-state index contributed by atoms with van der Waals surface area (Å²) in [7, 11) is 2.19. The Morgan fingerprint density at radius 1 is 1.48 bits per heavy atom. The van der Waals surface area contributed by atoms with Crippen LogP contribution in [0.4, 0.5) is 5.69 Å². The molecule has 4 unspecified atom stereocenters. The third kappa shape index (κ3) is 1.78. The number of allylic oxidation sites excluding steroid dienone is 1. The maximum Gasteiger partial charge on any atom is 0.0697 e. The molecule has 0 amide bonds. The van der Waals surface area contributed by atoms with Crippen LogP contribution in [0.25, 0.3) is 0 Å². The summed E-state index contributed by atoms with van der Waals surface area (Å²) >= 11 is 6.27. The fourth-order valence-corrected chi connectivity index (χ4v) is 4.45. The molecule has 1 N–H and O–H groups in total. The van der Waals surface area contributed by atoms with E-state index in [4.69, 9.17) is 11.6 Å². The maximum absolute atomic E-state index is 6.27. The summed E-state index contributed by atoms with van der Waals surface area (Å²) in [5, 5.41) is 4.35. The van der Waals surface area contributed by atoms with Gasteiger partial charge in [-0.15, -0.1) is 6.58 Å². The van der Waals surface area contributed by atoms with Gasteiger partial charge in [-0.1, -0.05) is 36.4 Å². The van der Waals surface area contributed by atoms with Crippen LogP contribution in [-0.4, -0.2) is 24.0 Å². The van der Waals surface area contributed by atoms with Crippen molar-refractivity contribution in [1.82, 2.24) is 4.90 Å². The highest BCUT2D eigenvalue weighted by molar-refractivity contribution is 6.33. The normalized spacial score (nSPS) is 35.0. The molecule has 0 radical (unpaired) electrons. The Kier molecular flexibility index (Phi) is 2.71. The number of para-hydroxylation sites is 1.